The van der Waals surface area contributed by atoms with Crippen molar-refractivity contribution in [2.24, 2.45) is 5.92 Å². The molecule has 0 spiro atoms. The minimum atomic E-state index is -0.965. The Morgan fingerprint density at radius 2 is 1.50 bits per heavy atom. The molecule has 0 radical (unpaired) electrons. The maximum Gasteiger partial charge on any atom is 0.117 e. The van der Waals surface area contributed by atoms with Gasteiger partial charge in [-0.2, -0.15) is 0 Å². The van der Waals surface area contributed by atoms with Crippen LogP contribution in [0.2, 0.25) is 0 Å². The molecule has 1 fully saturated rings. The van der Waals surface area contributed by atoms with Crippen LogP contribution in [0.15, 0.2) is 78.9 Å². The predicted molar refractivity (Wildman–Crippen MR) is 140 cm³/mol. The SMILES string of the molecule is CCc1ccc(C(O)CCCN2CCC(C(O)(c3ccccc3)c3ccccc3)CC2)cc1C. The Bertz CT molecular complexity index is 986. The van der Waals surface area contributed by atoms with E-state index in [1.165, 1.54) is 11.1 Å². The number of rotatable bonds is 9. The number of likely N-dealkylation sites (tertiary alicyclic amines) is 1. The Morgan fingerprint density at radius 1 is 0.912 bits per heavy atom. The van der Waals surface area contributed by atoms with Crippen molar-refractivity contribution in [2.75, 3.05) is 19.6 Å². The summed E-state index contributed by atoms with van der Waals surface area (Å²) in [5, 5.41) is 22.7. The Balaban J connectivity index is 1.34. The third-order valence-electron chi connectivity index (χ3n) is 7.69. The predicted octanol–water partition coefficient (Wildman–Crippen LogP) is 6.02. The molecule has 1 heterocycles. The van der Waals surface area contributed by atoms with E-state index < -0.39 is 11.7 Å². The summed E-state index contributed by atoms with van der Waals surface area (Å²) in [5.74, 6) is 0.180. The summed E-state index contributed by atoms with van der Waals surface area (Å²) >= 11 is 0. The van der Waals surface area contributed by atoms with Crippen molar-refractivity contribution in [3.63, 3.8) is 0 Å². The van der Waals surface area contributed by atoms with Crippen molar-refractivity contribution in [2.45, 2.75) is 57.7 Å². The summed E-state index contributed by atoms with van der Waals surface area (Å²) < 4.78 is 0. The van der Waals surface area contributed by atoms with E-state index >= 15 is 0 Å². The summed E-state index contributed by atoms with van der Waals surface area (Å²) in [6.07, 6.45) is 4.30. The van der Waals surface area contributed by atoms with Crippen LogP contribution in [0, 0.1) is 12.8 Å². The maximum absolute atomic E-state index is 12.0. The molecule has 0 saturated carbocycles. The third kappa shape index (κ3) is 5.43. The lowest BCUT2D eigenvalue weighted by atomic mass is 9.72. The molecule has 2 N–H and O–H groups in total. The van der Waals surface area contributed by atoms with Gasteiger partial charge in [0.25, 0.3) is 0 Å². The van der Waals surface area contributed by atoms with Gasteiger partial charge in [0.15, 0.2) is 0 Å². The highest BCUT2D eigenvalue weighted by Crippen LogP contribution is 2.42. The van der Waals surface area contributed by atoms with Crippen LogP contribution in [0.4, 0.5) is 0 Å². The van der Waals surface area contributed by atoms with E-state index in [-0.39, 0.29) is 5.92 Å². The van der Waals surface area contributed by atoms with Crippen LogP contribution in [0.5, 0.6) is 0 Å². The Morgan fingerprint density at radius 3 is 2.03 bits per heavy atom. The van der Waals surface area contributed by atoms with Crippen molar-refractivity contribution in [1.82, 2.24) is 4.90 Å². The first kappa shape index (κ1) is 24.7. The minimum absolute atomic E-state index is 0.180. The molecule has 1 saturated heterocycles. The molecule has 4 rings (SSSR count). The number of aryl methyl sites for hydroxylation is 2. The topological polar surface area (TPSA) is 43.7 Å². The minimum Gasteiger partial charge on any atom is -0.388 e. The fraction of sp³-hybridized carbons (Fsp3) is 0.419. The van der Waals surface area contributed by atoms with Crippen LogP contribution in [-0.2, 0) is 12.0 Å². The highest BCUT2D eigenvalue weighted by atomic mass is 16.3. The number of aliphatic hydroxyl groups is 2. The molecular weight excluding hydrogens is 418 g/mol. The fourth-order valence-corrected chi connectivity index (χ4v) is 5.59. The van der Waals surface area contributed by atoms with E-state index in [0.717, 1.165) is 68.4 Å². The molecule has 0 aliphatic carbocycles. The summed E-state index contributed by atoms with van der Waals surface area (Å²) in [7, 11) is 0. The second kappa shape index (κ2) is 11.3. The zero-order chi connectivity index (χ0) is 24.0. The van der Waals surface area contributed by atoms with Crippen molar-refractivity contribution in [3.8, 4) is 0 Å². The molecule has 3 aromatic rings. The molecule has 3 aromatic carbocycles. The molecule has 1 aliphatic rings. The standard InChI is InChI=1S/C31H39NO2/c1-3-25-16-17-26(23-24(25)2)30(33)15-10-20-32-21-18-29(19-22-32)31(34,27-11-6-4-7-12-27)28-13-8-5-9-14-28/h4-9,11-14,16-17,23,29-30,33-34H,3,10,15,18-22H2,1-2H3. The van der Waals surface area contributed by atoms with Gasteiger partial charge in [-0.25, -0.2) is 0 Å². The average molecular weight is 458 g/mol. The van der Waals surface area contributed by atoms with Gasteiger partial charge < -0.3 is 15.1 Å². The molecule has 34 heavy (non-hydrogen) atoms. The van der Waals surface area contributed by atoms with E-state index in [0.29, 0.717) is 0 Å². The van der Waals surface area contributed by atoms with Gasteiger partial charge in [0.1, 0.15) is 5.60 Å². The van der Waals surface area contributed by atoms with E-state index in [1.807, 2.05) is 36.4 Å². The maximum atomic E-state index is 12.0. The first-order valence-corrected chi connectivity index (χ1v) is 12.9. The van der Waals surface area contributed by atoms with Crippen molar-refractivity contribution in [3.05, 3.63) is 107 Å². The first-order valence-electron chi connectivity index (χ1n) is 12.9. The van der Waals surface area contributed by atoms with Crippen LogP contribution in [-0.4, -0.2) is 34.7 Å². The molecule has 1 atom stereocenters. The average Bonchev–Trinajstić information content (AvgIpc) is 2.89. The summed E-state index contributed by atoms with van der Waals surface area (Å²) in [6, 6.07) is 26.6. The zero-order valence-corrected chi connectivity index (χ0v) is 20.7. The molecule has 0 bridgehead atoms. The van der Waals surface area contributed by atoms with Gasteiger partial charge in [0, 0.05) is 0 Å². The van der Waals surface area contributed by atoms with E-state index in [4.69, 9.17) is 0 Å². The molecule has 1 aliphatic heterocycles. The summed E-state index contributed by atoms with van der Waals surface area (Å²) in [4.78, 5) is 2.49. The molecule has 3 nitrogen and oxygen atoms in total. The molecular formula is C31H39NO2. The number of nitrogens with zero attached hydrogens (tertiary/aromatic N) is 1. The molecule has 0 aromatic heterocycles. The van der Waals surface area contributed by atoms with Crippen LogP contribution in [0.25, 0.3) is 0 Å². The zero-order valence-electron chi connectivity index (χ0n) is 20.7. The van der Waals surface area contributed by atoms with E-state index in [9.17, 15) is 10.2 Å². The molecule has 180 valence electrons. The van der Waals surface area contributed by atoms with Gasteiger partial charge in [-0.05, 0) is 92.4 Å². The van der Waals surface area contributed by atoms with E-state index in [1.54, 1.807) is 0 Å². The fourth-order valence-electron chi connectivity index (χ4n) is 5.59. The summed E-state index contributed by atoms with van der Waals surface area (Å²) in [5.41, 5.74) is 4.64. The lowest BCUT2D eigenvalue weighted by Gasteiger charge is -2.42. The quantitative estimate of drug-likeness (QED) is 0.413. The molecule has 0 amide bonds. The molecule has 3 heteroatoms. The normalized spacial score (nSPS) is 16.5. The van der Waals surface area contributed by atoms with Crippen LogP contribution in [0.1, 0.15) is 66.5 Å². The van der Waals surface area contributed by atoms with Crippen molar-refractivity contribution >= 4 is 0 Å². The second-order valence-electron chi connectivity index (χ2n) is 9.81. The number of piperidine rings is 1. The highest BCUT2D eigenvalue weighted by Gasteiger charge is 2.41. The third-order valence-corrected chi connectivity index (χ3v) is 7.69. The molecule has 1 unspecified atom stereocenters. The second-order valence-corrected chi connectivity index (χ2v) is 9.81. The number of benzene rings is 3. The van der Waals surface area contributed by atoms with Crippen molar-refractivity contribution < 1.29 is 10.2 Å². The largest absolute Gasteiger partial charge is 0.388 e. The Hall–Kier alpha value is -2.46. The van der Waals surface area contributed by atoms with Crippen LogP contribution < -0.4 is 0 Å². The van der Waals surface area contributed by atoms with Gasteiger partial charge in [-0.3, -0.25) is 0 Å². The monoisotopic (exact) mass is 457 g/mol. The van der Waals surface area contributed by atoms with Gasteiger partial charge >= 0.3 is 0 Å². The smallest absolute Gasteiger partial charge is 0.117 e. The lowest BCUT2D eigenvalue weighted by Crippen LogP contribution is -2.44. The highest BCUT2D eigenvalue weighted by molar-refractivity contribution is 5.37. The van der Waals surface area contributed by atoms with Gasteiger partial charge in [-0.15, -0.1) is 0 Å². The van der Waals surface area contributed by atoms with Gasteiger partial charge in [0.2, 0.25) is 0 Å². The van der Waals surface area contributed by atoms with Crippen molar-refractivity contribution in [1.29, 1.82) is 0 Å². The summed E-state index contributed by atoms with van der Waals surface area (Å²) in [6.45, 7) is 7.25. The van der Waals surface area contributed by atoms with Crippen LogP contribution >= 0.6 is 0 Å². The Kier molecular flexibility index (Phi) is 8.20. The Labute approximate surface area is 205 Å². The number of hydrogen-bond donors (Lipinski definition) is 2. The lowest BCUT2D eigenvalue weighted by molar-refractivity contribution is -0.0146. The van der Waals surface area contributed by atoms with E-state index in [2.05, 4.69) is 61.2 Å². The number of aliphatic hydroxyl groups excluding tert-OH is 1. The first-order chi connectivity index (χ1) is 16.5. The van der Waals surface area contributed by atoms with Gasteiger partial charge in [0.05, 0.1) is 6.10 Å². The van der Waals surface area contributed by atoms with Crippen LogP contribution in [0.3, 0.4) is 0 Å². The van der Waals surface area contributed by atoms with Gasteiger partial charge in [-0.1, -0.05) is 85.8 Å². The number of hydrogen-bond acceptors (Lipinski definition) is 3.